The number of hydrazine groups is 1. The summed E-state index contributed by atoms with van der Waals surface area (Å²) in [7, 11) is -4.17. The molecule has 2 rings (SSSR count). The lowest BCUT2D eigenvalue weighted by atomic mass is 10.2. The maximum Gasteiger partial charge on any atom is 0.269 e. The van der Waals surface area contributed by atoms with Gasteiger partial charge in [-0.15, -0.1) is 6.58 Å². The summed E-state index contributed by atoms with van der Waals surface area (Å²) in [6.45, 7) is 5.59. The molecule has 0 radical (unpaired) electrons. The molecule has 2 amide bonds. The molecule has 0 saturated heterocycles. The van der Waals surface area contributed by atoms with Crippen LogP contribution in [0.25, 0.3) is 0 Å². The summed E-state index contributed by atoms with van der Waals surface area (Å²) in [4.78, 5) is 23.6. The Hall–Kier alpha value is -3.24. The van der Waals surface area contributed by atoms with Crippen molar-refractivity contribution < 1.29 is 27.1 Å². The van der Waals surface area contributed by atoms with Gasteiger partial charge < -0.3 is 4.74 Å². The van der Waals surface area contributed by atoms with Crippen LogP contribution >= 0.6 is 0 Å². The second-order valence-corrected chi connectivity index (χ2v) is 7.39. The van der Waals surface area contributed by atoms with E-state index in [9.17, 15) is 22.4 Å². The Balaban J connectivity index is 2.08. The molecule has 0 heterocycles. The highest BCUT2D eigenvalue weighted by molar-refractivity contribution is 7.89. The molecule has 8 nitrogen and oxygen atoms in total. The molecule has 0 aliphatic rings. The molecule has 0 atom stereocenters. The Labute approximate surface area is 167 Å². The van der Waals surface area contributed by atoms with Crippen LogP contribution in [-0.4, -0.2) is 33.4 Å². The monoisotopic (exact) mass is 421 g/mol. The molecule has 2 aromatic rings. The molecule has 0 aromatic heterocycles. The highest BCUT2D eigenvalue weighted by atomic mass is 32.2. The molecule has 0 fully saturated rings. The van der Waals surface area contributed by atoms with Crippen molar-refractivity contribution in [3.05, 3.63) is 72.1 Å². The maximum atomic E-state index is 13.9. The van der Waals surface area contributed by atoms with E-state index in [1.165, 1.54) is 18.2 Å². The highest BCUT2D eigenvalue weighted by Gasteiger charge is 2.21. The van der Waals surface area contributed by atoms with Crippen molar-refractivity contribution in [2.24, 2.45) is 0 Å². The first-order valence-corrected chi connectivity index (χ1v) is 10.0. The van der Waals surface area contributed by atoms with Crippen molar-refractivity contribution in [1.82, 2.24) is 15.6 Å². The van der Waals surface area contributed by atoms with Crippen molar-refractivity contribution in [3.63, 3.8) is 0 Å². The van der Waals surface area contributed by atoms with Crippen molar-refractivity contribution >= 4 is 21.8 Å². The number of hydrogen-bond donors (Lipinski definition) is 3. The van der Waals surface area contributed by atoms with Crippen molar-refractivity contribution in [2.75, 3.05) is 13.2 Å². The molecule has 0 spiro atoms. The Bertz CT molecular complexity index is 1010. The van der Waals surface area contributed by atoms with Crippen molar-refractivity contribution in [3.8, 4) is 5.75 Å². The minimum absolute atomic E-state index is 0.101. The molecule has 2 aromatic carbocycles. The molecule has 154 valence electrons. The highest BCUT2D eigenvalue weighted by Crippen LogP contribution is 2.16. The van der Waals surface area contributed by atoms with Crippen LogP contribution in [0.15, 0.2) is 60.0 Å². The fourth-order valence-corrected chi connectivity index (χ4v) is 3.32. The molecule has 29 heavy (non-hydrogen) atoms. The minimum Gasteiger partial charge on any atom is -0.494 e. The van der Waals surface area contributed by atoms with Gasteiger partial charge in [0.15, 0.2) is 0 Å². The first-order valence-electron chi connectivity index (χ1n) is 8.52. The molecule has 0 bridgehead atoms. The Morgan fingerprint density at radius 1 is 1.07 bits per heavy atom. The molecular formula is C19H20FN3O5S. The minimum atomic E-state index is -4.17. The maximum absolute atomic E-state index is 13.9. The molecule has 3 N–H and O–H groups in total. The number of amides is 2. The predicted molar refractivity (Wildman–Crippen MR) is 104 cm³/mol. The number of halogens is 1. The smallest absolute Gasteiger partial charge is 0.269 e. The second kappa shape index (κ2) is 9.80. The molecule has 0 unspecified atom stereocenters. The van der Waals surface area contributed by atoms with Gasteiger partial charge in [-0.25, -0.2) is 17.5 Å². The molecule has 10 heteroatoms. The van der Waals surface area contributed by atoms with Gasteiger partial charge in [-0.3, -0.25) is 20.4 Å². The van der Waals surface area contributed by atoms with Gasteiger partial charge in [0, 0.05) is 17.7 Å². The van der Waals surface area contributed by atoms with Crippen molar-refractivity contribution in [2.45, 2.75) is 11.8 Å². The van der Waals surface area contributed by atoms with Gasteiger partial charge in [0.25, 0.3) is 11.8 Å². The van der Waals surface area contributed by atoms with Gasteiger partial charge in [0.2, 0.25) is 10.0 Å². The normalized spacial score (nSPS) is 10.8. The van der Waals surface area contributed by atoms with E-state index in [1.54, 1.807) is 12.1 Å². The van der Waals surface area contributed by atoms with E-state index in [0.29, 0.717) is 12.4 Å². The fourth-order valence-electron chi connectivity index (χ4n) is 2.22. The summed E-state index contributed by atoms with van der Waals surface area (Å²) in [5.41, 5.74) is 4.47. The fraction of sp³-hybridized carbons (Fsp3) is 0.158. The number of hydrogen-bond acceptors (Lipinski definition) is 5. The Morgan fingerprint density at radius 3 is 2.24 bits per heavy atom. The summed E-state index contributed by atoms with van der Waals surface area (Å²) in [6, 6.07) is 9.06. The van der Waals surface area contributed by atoms with E-state index in [2.05, 4.69) is 22.2 Å². The lowest BCUT2D eigenvalue weighted by molar-refractivity contribution is 0.0846. The first kappa shape index (κ1) is 22.1. The van der Waals surface area contributed by atoms with Crippen LogP contribution < -0.4 is 20.3 Å². The number of ether oxygens (including phenoxy) is 1. The zero-order valence-electron chi connectivity index (χ0n) is 15.6. The molecule has 0 aliphatic heterocycles. The average Bonchev–Trinajstić information content (AvgIpc) is 2.71. The van der Waals surface area contributed by atoms with Crippen LogP contribution in [0, 0.1) is 5.82 Å². The van der Waals surface area contributed by atoms with E-state index in [1.807, 2.05) is 6.92 Å². The lowest BCUT2D eigenvalue weighted by Crippen LogP contribution is -2.41. The van der Waals surface area contributed by atoms with Crippen LogP contribution in [0.5, 0.6) is 5.75 Å². The summed E-state index contributed by atoms with van der Waals surface area (Å²) in [5.74, 6) is -1.83. The summed E-state index contributed by atoms with van der Waals surface area (Å²) < 4.78 is 45.5. The van der Waals surface area contributed by atoms with Gasteiger partial charge in [0.05, 0.1) is 6.61 Å². The average molecular weight is 421 g/mol. The number of carbonyl (C=O) groups excluding carboxylic acids is 2. The van der Waals surface area contributed by atoms with Crippen LogP contribution in [0.1, 0.15) is 27.6 Å². The SMILES string of the molecule is C=CCNS(=O)(=O)c1cc(C(=O)NNC(=O)c2ccc(OCC)cc2)ccc1F. The number of rotatable bonds is 8. The zero-order chi connectivity index (χ0) is 21.4. The van der Waals surface area contributed by atoms with Gasteiger partial charge in [0.1, 0.15) is 16.5 Å². The third kappa shape index (κ3) is 5.87. The van der Waals surface area contributed by atoms with Gasteiger partial charge >= 0.3 is 0 Å². The first-order chi connectivity index (χ1) is 13.8. The quantitative estimate of drug-likeness (QED) is 0.444. The second-order valence-electron chi connectivity index (χ2n) is 5.65. The molecule has 0 aliphatic carbocycles. The third-order valence-corrected chi connectivity index (χ3v) is 5.06. The summed E-state index contributed by atoms with van der Waals surface area (Å²) >= 11 is 0. The third-order valence-electron chi connectivity index (χ3n) is 3.62. The lowest BCUT2D eigenvalue weighted by Gasteiger charge is -2.10. The number of sulfonamides is 1. The summed E-state index contributed by atoms with van der Waals surface area (Å²) in [5, 5.41) is 0. The topological polar surface area (TPSA) is 114 Å². The van der Waals surface area contributed by atoms with Crippen LogP contribution in [0.3, 0.4) is 0 Å². The van der Waals surface area contributed by atoms with E-state index in [-0.39, 0.29) is 17.7 Å². The number of carbonyl (C=O) groups is 2. The number of benzene rings is 2. The molecule has 0 saturated carbocycles. The van der Waals surface area contributed by atoms with Crippen molar-refractivity contribution in [1.29, 1.82) is 0 Å². The van der Waals surface area contributed by atoms with Crippen LogP contribution in [-0.2, 0) is 10.0 Å². The Kier molecular flexibility index (Phi) is 7.46. The molecular weight excluding hydrogens is 401 g/mol. The van der Waals surface area contributed by atoms with E-state index < -0.39 is 32.6 Å². The van der Waals surface area contributed by atoms with Gasteiger partial charge in [-0.05, 0) is 49.4 Å². The Morgan fingerprint density at radius 2 is 1.66 bits per heavy atom. The standard InChI is InChI=1S/C19H20FN3O5S/c1-3-11-21-29(26,27)17-12-14(7-10-16(17)20)19(25)23-22-18(24)13-5-8-15(9-6-13)28-4-2/h3,5-10,12,21H,1,4,11H2,2H3,(H,22,24)(H,23,25). The largest absolute Gasteiger partial charge is 0.494 e. The zero-order valence-corrected chi connectivity index (χ0v) is 16.4. The van der Waals surface area contributed by atoms with Gasteiger partial charge in [-0.2, -0.15) is 0 Å². The number of nitrogens with one attached hydrogen (secondary N) is 3. The predicted octanol–water partition coefficient (Wildman–Crippen LogP) is 1.76. The van der Waals surface area contributed by atoms with Gasteiger partial charge in [-0.1, -0.05) is 6.08 Å². The van der Waals surface area contributed by atoms with E-state index in [0.717, 1.165) is 18.2 Å². The van der Waals surface area contributed by atoms with E-state index >= 15 is 0 Å². The van der Waals surface area contributed by atoms with Crippen LogP contribution in [0.2, 0.25) is 0 Å². The van der Waals surface area contributed by atoms with E-state index in [4.69, 9.17) is 4.74 Å². The summed E-state index contributed by atoms with van der Waals surface area (Å²) in [6.07, 6.45) is 1.29. The van der Waals surface area contributed by atoms with Crippen LogP contribution in [0.4, 0.5) is 4.39 Å².